The molecule has 1 heterocycles. The van der Waals surface area contributed by atoms with E-state index in [1.165, 1.54) is 23.1 Å². The first-order valence-corrected chi connectivity index (χ1v) is 6.05. The van der Waals surface area contributed by atoms with Crippen LogP contribution < -0.4 is 5.32 Å². The molecule has 0 spiro atoms. The molecule has 1 aromatic carbocycles. The standard InChI is InChI=1S/C12H13N5O4/c18-9-3-1-8(2-4-9)5-10(12(20)21)14-11(19)6-17-7-13-15-16-17/h1-4,7,10,18H,5-6H2,(H,14,19)(H,20,21)/t10-/m0/s1. The first-order valence-electron chi connectivity index (χ1n) is 6.05. The molecule has 21 heavy (non-hydrogen) atoms. The summed E-state index contributed by atoms with van der Waals surface area (Å²) in [5.41, 5.74) is 0.683. The smallest absolute Gasteiger partial charge is 0.326 e. The SMILES string of the molecule is O=C(Cn1cnnn1)N[C@@H](Cc1ccc(O)cc1)C(=O)O. The average molecular weight is 291 g/mol. The third kappa shape index (κ3) is 4.27. The number of amides is 1. The van der Waals surface area contributed by atoms with E-state index in [1.54, 1.807) is 12.1 Å². The molecule has 0 aliphatic carbocycles. The molecule has 1 aromatic heterocycles. The minimum Gasteiger partial charge on any atom is -0.508 e. The maximum absolute atomic E-state index is 11.7. The highest BCUT2D eigenvalue weighted by Crippen LogP contribution is 2.11. The Bertz CT molecular complexity index is 611. The van der Waals surface area contributed by atoms with Crippen LogP contribution in [-0.2, 0) is 22.6 Å². The Morgan fingerprint density at radius 3 is 2.57 bits per heavy atom. The van der Waals surface area contributed by atoms with Crippen molar-refractivity contribution >= 4 is 11.9 Å². The number of phenolic OH excluding ortho intramolecular Hbond substituents is 1. The molecule has 0 aliphatic heterocycles. The van der Waals surface area contributed by atoms with Crippen molar-refractivity contribution in [3.8, 4) is 5.75 Å². The lowest BCUT2D eigenvalue weighted by molar-refractivity contribution is -0.141. The zero-order valence-electron chi connectivity index (χ0n) is 10.9. The summed E-state index contributed by atoms with van der Waals surface area (Å²) in [5.74, 6) is -1.56. The molecule has 0 aliphatic rings. The van der Waals surface area contributed by atoms with Gasteiger partial charge in [-0.15, -0.1) is 5.10 Å². The van der Waals surface area contributed by atoms with Crippen LogP contribution in [0.15, 0.2) is 30.6 Å². The zero-order chi connectivity index (χ0) is 15.2. The van der Waals surface area contributed by atoms with E-state index in [0.717, 1.165) is 0 Å². The highest BCUT2D eigenvalue weighted by molar-refractivity contribution is 5.83. The number of aliphatic carboxylic acids is 1. The number of carbonyl (C=O) groups is 2. The van der Waals surface area contributed by atoms with E-state index < -0.39 is 17.9 Å². The molecule has 1 amide bonds. The van der Waals surface area contributed by atoms with Crippen LogP contribution in [0.4, 0.5) is 0 Å². The number of carbonyl (C=O) groups excluding carboxylic acids is 1. The van der Waals surface area contributed by atoms with Gasteiger partial charge in [0.05, 0.1) is 0 Å². The van der Waals surface area contributed by atoms with Gasteiger partial charge in [-0.25, -0.2) is 9.48 Å². The first-order chi connectivity index (χ1) is 10.0. The second kappa shape index (κ2) is 6.46. The average Bonchev–Trinajstić information content (AvgIpc) is 2.93. The molecule has 9 heteroatoms. The maximum atomic E-state index is 11.7. The van der Waals surface area contributed by atoms with Crippen molar-refractivity contribution in [3.63, 3.8) is 0 Å². The third-order valence-electron chi connectivity index (χ3n) is 2.71. The van der Waals surface area contributed by atoms with Crippen molar-refractivity contribution in [1.29, 1.82) is 0 Å². The molecule has 3 N–H and O–H groups in total. The summed E-state index contributed by atoms with van der Waals surface area (Å²) < 4.78 is 1.19. The first kappa shape index (κ1) is 14.4. The topological polar surface area (TPSA) is 130 Å². The predicted molar refractivity (Wildman–Crippen MR) is 69.2 cm³/mol. The van der Waals surface area contributed by atoms with Crippen molar-refractivity contribution in [3.05, 3.63) is 36.2 Å². The number of phenols is 1. The van der Waals surface area contributed by atoms with Gasteiger partial charge in [0, 0.05) is 6.42 Å². The second-order valence-electron chi connectivity index (χ2n) is 4.34. The fourth-order valence-corrected chi connectivity index (χ4v) is 1.71. The molecule has 0 saturated heterocycles. The number of benzene rings is 1. The van der Waals surface area contributed by atoms with Gasteiger partial charge in [0.2, 0.25) is 5.91 Å². The van der Waals surface area contributed by atoms with E-state index in [1.807, 2.05) is 0 Å². The summed E-state index contributed by atoms with van der Waals surface area (Å²) in [4.78, 5) is 22.9. The number of nitrogens with zero attached hydrogens (tertiary/aromatic N) is 4. The number of hydrogen-bond acceptors (Lipinski definition) is 6. The van der Waals surface area contributed by atoms with Gasteiger partial charge in [0.15, 0.2) is 0 Å². The number of rotatable bonds is 6. The highest BCUT2D eigenvalue weighted by atomic mass is 16.4. The lowest BCUT2D eigenvalue weighted by Gasteiger charge is -2.14. The van der Waals surface area contributed by atoms with Crippen molar-refractivity contribution < 1.29 is 19.8 Å². The van der Waals surface area contributed by atoms with E-state index in [0.29, 0.717) is 5.56 Å². The van der Waals surface area contributed by atoms with Gasteiger partial charge in [-0.1, -0.05) is 12.1 Å². The van der Waals surface area contributed by atoms with E-state index in [9.17, 15) is 14.7 Å². The van der Waals surface area contributed by atoms with Crippen molar-refractivity contribution in [2.24, 2.45) is 0 Å². The zero-order valence-corrected chi connectivity index (χ0v) is 10.9. The number of carboxylic acid groups (broad SMARTS) is 1. The van der Waals surface area contributed by atoms with E-state index in [4.69, 9.17) is 5.11 Å². The summed E-state index contributed by atoms with van der Waals surface area (Å²) in [6.45, 7) is -0.160. The Kier molecular flexibility index (Phi) is 4.44. The monoisotopic (exact) mass is 291 g/mol. The van der Waals surface area contributed by atoms with Gasteiger partial charge in [0.1, 0.15) is 24.7 Å². The molecule has 0 unspecified atom stereocenters. The Labute approximate surface area is 119 Å². The molecular formula is C12H13N5O4. The van der Waals surface area contributed by atoms with Gasteiger partial charge < -0.3 is 15.5 Å². The fourth-order valence-electron chi connectivity index (χ4n) is 1.71. The van der Waals surface area contributed by atoms with Crippen LogP contribution in [0.2, 0.25) is 0 Å². The second-order valence-corrected chi connectivity index (χ2v) is 4.34. The lowest BCUT2D eigenvalue weighted by Crippen LogP contribution is -2.43. The molecule has 2 rings (SSSR count). The molecule has 9 nitrogen and oxygen atoms in total. The minimum absolute atomic E-state index is 0.0911. The predicted octanol–water partition coefficient (Wildman–Crippen LogP) is -0.809. The molecule has 0 bridgehead atoms. The number of nitrogens with one attached hydrogen (secondary N) is 1. The highest BCUT2D eigenvalue weighted by Gasteiger charge is 2.20. The molecular weight excluding hydrogens is 278 g/mol. The van der Waals surface area contributed by atoms with Gasteiger partial charge >= 0.3 is 5.97 Å². The Balaban J connectivity index is 1.97. The van der Waals surface area contributed by atoms with E-state index >= 15 is 0 Å². The summed E-state index contributed by atoms with van der Waals surface area (Å²) in [6.07, 6.45) is 1.37. The molecule has 0 fully saturated rings. The van der Waals surface area contributed by atoms with Crippen LogP contribution in [0.1, 0.15) is 5.56 Å². The van der Waals surface area contributed by atoms with Crippen LogP contribution in [0.3, 0.4) is 0 Å². The van der Waals surface area contributed by atoms with Crippen LogP contribution in [0, 0.1) is 0 Å². The van der Waals surface area contributed by atoms with Gasteiger partial charge in [-0.3, -0.25) is 4.79 Å². The number of aromatic hydroxyl groups is 1. The number of aromatic nitrogens is 4. The van der Waals surface area contributed by atoms with Crippen LogP contribution in [0.5, 0.6) is 5.75 Å². The molecule has 110 valence electrons. The van der Waals surface area contributed by atoms with Crippen LogP contribution in [0.25, 0.3) is 0 Å². The quantitative estimate of drug-likeness (QED) is 0.634. The number of carboxylic acids is 1. The summed E-state index contributed by atoms with van der Waals surface area (Å²) in [5, 5.41) is 31.0. The van der Waals surface area contributed by atoms with E-state index in [2.05, 4.69) is 20.8 Å². The van der Waals surface area contributed by atoms with Gasteiger partial charge in [-0.05, 0) is 28.1 Å². The Morgan fingerprint density at radius 2 is 2.00 bits per heavy atom. The van der Waals surface area contributed by atoms with Crippen LogP contribution >= 0.6 is 0 Å². The van der Waals surface area contributed by atoms with E-state index in [-0.39, 0.29) is 18.7 Å². The van der Waals surface area contributed by atoms with Gasteiger partial charge in [-0.2, -0.15) is 0 Å². The van der Waals surface area contributed by atoms with Crippen LogP contribution in [-0.4, -0.2) is 48.3 Å². The Hall–Kier alpha value is -2.97. The van der Waals surface area contributed by atoms with Gasteiger partial charge in [0.25, 0.3) is 0 Å². The minimum atomic E-state index is -1.15. The Morgan fingerprint density at radius 1 is 1.29 bits per heavy atom. The maximum Gasteiger partial charge on any atom is 0.326 e. The molecule has 0 radical (unpaired) electrons. The molecule has 0 saturated carbocycles. The number of hydrogen-bond donors (Lipinski definition) is 3. The third-order valence-corrected chi connectivity index (χ3v) is 2.71. The lowest BCUT2D eigenvalue weighted by atomic mass is 10.1. The molecule has 2 aromatic rings. The summed E-state index contributed by atoms with van der Waals surface area (Å²) in [6, 6.07) is 5.03. The molecule has 1 atom stereocenters. The largest absolute Gasteiger partial charge is 0.508 e. The normalized spacial score (nSPS) is 11.8. The fraction of sp³-hybridized carbons (Fsp3) is 0.250. The summed E-state index contributed by atoms with van der Waals surface area (Å²) in [7, 11) is 0. The van der Waals surface area contributed by atoms with Crippen molar-refractivity contribution in [1.82, 2.24) is 25.5 Å². The van der Waals surface area contributed by atoms with Crippen molar-refractivity contribution in [2.45, 2.75) is 19.0 Å². The summed E-state index contributed by atoms with van der Waals surface area (Å²) >= 11 is 0. The van der Waals surface area contributed by atoms with Crippen molar-refractivity contribution in [2.75, 3.05) is 0 Å². The number of tetrazole rings is 1.